The largest absolute Gasteiger partial charge is 0.468 e. The Bertz CT molecular complexity index is 613. The van der Waals surface area contributed by atoms with Crippen molar-refractivity contribution >= 4 is 11.9 Å². The molecule has 0 fully saturated rings. The van der Waals surface area contributed by atoms with E-state index >= 15 is 0 Å². The number of methoxy groups -OCH3 is 2. The maximum atomic E-state index is 12.2. The highest BCUT2D eigenvalue weighted by molar-refractivity contribution is 5.80. The van der Waals surface area contributed by atoms with Gasteiger partial charge in [0.05, 0.1) is 14.2 Å². The van der Waals surface area contributed by atoms with Gasteiger partial charge < -0.3 is 9.47 Å². The van der Waals surface area contributed by atoms with Crippen LogP contribution in [0.3, 0.4) is 0 Å². The van der Waals surface area contributed by atoms with Crippen molar-refractivity contribution < 1.29 is 19.1 Å². The first-order chi connectivity index (χ1) is 12.1. The summed E-state index contributed by atoms with van der Waals surface area (Å²) in [7, 11) is 2.68. The molecule has 0 aliphatic carbocycles. The first-order valence-electron chi connectivity index (χ1n) is 8.13. The second kappa shape index (κ2) is 9.59. The number of hydrogen-bond acceptors (Lipinski definition) is 5. The van der Waals surface area contributed by atoms with Crippen molar-refractivity contribution in [2.75, 3.05) is 14.2 Å². The van der Waals surface area contributed by atoms with Gasteiger partial charge in [-0.15, -0.1) is 0 Å². The van der Waals surface area contributed by atoms with Crippen molar-refractivity contribution in [3.63, 3.8) is 0 Å². The molecule has 0 saturated heterocycles. The number of ether oxygens (including phenoxy) is 2. The third-order valence-electron chi connectivity index (χ3n) is 3.94. The fourth-order valence-electron chi connectivity index (χ4n) is 2.65. The molecule has 0 aliphatic rings. The molecule has 132 valence electrons. The van der Waals surface area contributed by atoms with Gasteiger partial charge in [0.2, 0.25) is 0 Å². The lowest BCUT2D eigenvalue weighted by Crippen LogP contribution is -2.50. The van der Waals surface area contributed by atoms with E-state index in [9.17, 15) is 9.59 Å². The minimum absolute atomic E-state index is 0.411. The molecule has 0 aliphatic heterocycles. The van der Waals surface area contributed by atoms with Crippen LogP contribution in [0.2, 0.25) is 0 Å². The summed E-state index contributed by atoms with van der Waals surface area (Å²) in [6, 6.07) is 17.9. The Hall–Kier alpha value is -2.66. The molecule has 0 aromatic heterocycles. The SMILES string of the molecule is COC(=O)[C@H](Cc1ccccc1)N[C@@H](Cc1ccccc1)C(=O)OC. The molecule has 0 unspecified atom stereocenters. The molecule has 2 atom stereocenters. The predicted molar refractivity (Wildman–Crippen MR) is 95.0 cm³/mol. The van der Waals surface area contributed by atoms with Crippen LogP contribution in [0.4, 0.5) is 0 Å². The summed E-state index contributed by atoms with van der Waals surface area (Å²) in [6.07, 6.45) is 0.853. The number of esters is 2. The second-order valence-electron chi connectivity index (χ2n) is 5.70. The van der Waals surface area contributed by atoms with E-state index in [2.05, 4.69) is 5.32 Å². The summed E-state index contributed by atoms with van der Waals surface area (Å²) in [5, 5.41) is 3.10. The van der Waals surface area contributed by atoms with Gasteiger partial charge in [0.1, 0.15) is 12.1 Å². The van der Waals surface area contributed by atoms with Gasteiger partial charge >= 0.3 is 11.9 Å². The standard InChI is InChI=1S/C20H23NO4/c1-24-19(22)17(13-15-9-5-3-6-10-15)21-18(20(23)25-2)14-16-11-7-4-8-12-16/h3-12,17-18,21H,13-14H2,1-2H3/t17-,18-/m0/s1. The molecular formula is C20H23NO4. The monoisotopic (exact) mass is 341 g/mol. The van der Waals surface area contributed by atoms with Crippen LogP contribution in [-0.4, -0.2) is 38.2 Å². The fraction of sp³-hybridized carbons (Fsp3) is 0.300. The van der Waals surface area contributed by atoms with Crippen LogP contribution in [0.1, 0.15) is 11.1 Å². The lowest BCUT2D eigenvalue weighted by Gasteiger charge is -2.23. The van der Waals surface area contributed by atoms with Gasteiger partial charge in [0, 0.05) is 0 Å². The minimum Gasteiger partial charge on any atom is -0.468 e. The van der Waals surface area contributed by atoms with Crippen molar-refractivity contribution in [2.24, 2.45) is 0 Å². The summed E-state index contributed by atoms with van der Waals surface area (Å²) in [6.45, 7) is 0. The smallest absolute Gasteiger partial charge is 0.323 e. The third-order valence-corrected chi connectivity index (χ3v) is 3.94. The Labute approximate surface area is 148 Å². The Morgan fingerprint density at radius 2 is 1.12 bits per heavy atom. The minimum atomic E-state index is -0.639. The van der Waals surface area contributed by atoms with E-state index in [4.69, 9.17) is 9.47 Å². The quantitative estimate of drug-likeness (QED) is 0.745. The third kappa shape index (κ3) is 5.72. The highest BCUT2D eigenvalue weighted by Crippen LogP contribution is 2.09. The highest BCUT2D eigenvalue weighted by Gasteiger charge is 2.28. The van der Waals surface area contributed by atoms with Crippen molar-refractivity contribution in [3.8, 4) is 0 Å². The van der Waals surface area contributed by atoms with Gasteiger partial charge in [-0.3, -0.25) is 14.9 Å². The molecule has 0 amide bonds. The fourth-order valence-corrected chi connectivity index (χ4v) is 2.65. The Morgan fingerprint density at radius 1 is 0.760 bits per heavy atom. The first-order valence-corrected chi connectivity index (χ1v) is 8.13. The molecule has 2 aromatic rings. The molecule has 2 aromatic carbocycles. The van der Waals surface area contributed by atoms with Crippen molar-refractivity contribution in [3.05, 3.63) is 71.8 Å². The molecule has 25 heavy (non-hydrogen) atoms. The lowest BCUT2D eigenvalue weighted by atomic mass is 10.0. The Kier molecular flexibility index (Phi) is 7.16. The first kappa shape index (κ1) is 18.7. The van der Waals surface area contributed by atoms with Gasteiger partial charge in [-0.1, -0.05) is 60.7 Å². The van der Waals surface area contributed by atoms with Gasteiger partial charge in [-0.2, -0.15) is 0 Å². The van der Waals surface area contributed by atoms with Gasteiger partial charge in [-0.25, -0.2) is 0 Å². The summed E-state index contributed by atoms with van der Waals surface area (Å²) < 4.78 is 9.79. The van der Waals surface area contributed by atoms with E-state index < -0.39 is 24.0 Å². The molecule has 0 bridgehead atoms. The Morgan fingerprint density at radius 3 is 1.44 bits per heavy atom. The highest BCUT2D eigenvalue weighted by atomic mass is 16.5. The molecule has 0 saturated carbocycles. The normalized spacial score (nSPS) is 12.9. The van der Waals surface area contributed by atoms with Crippen molar-refractivity contribution in [1.29, 1.82) is 0 Å². The van der Waals surface area contributed by atoms with Crippen molar-refractivity contribution in [1.82, 2.24) is 5.32 Å². The van der Waals surface area contributed by atoms with Crippen LogP contribution < -0.4 is 5.32 Å². The second-order valence-corrected chi connectivity index (χ2v) is 5.70. The van der Waals surface area contributed by atoms with E-state index in [0.717, 1.165) is 11.1 Å². The van der Waals surface area contributed by atoms with Crippen LogP contribution in [0.15, 0.2) is 60.7 Å². The van der Waals surface area contributed by atoms with E-state index in [1.54, 1.807) is 0 Å². The maximum Gasteiger partial charge on any atom is 0.323 e. The molecule has 0 radical (unpaired) electrons. The zero-order valence-corrected chi connectivity index (χ0v) is 14.5. The summed E-state index contributed by atoms with van der Waals surface area (Å²) >= 11 is 0. The van der Waals surface area contributed by atoms with Crippen LogP contribution in [0, 0.1) is 0 Å². The number of rotatable bonds is 8. The van der Waals surface area contributed by atoms with E-state index in [-0.39, 0.29) is 0 Å². The molecule has 5 nitrogen and oxygen atoms in total. The Balaban J connectivity index is 2.16. The zero-order chi connectivity index (χ0) is 18.1. The number of carbonyl (C=O) groups excluding carboxylic acids is 2. The number of carbonyl (C=O) groups is 2. The van der Waals surface area contributed by atoms with Crippen LogP contribution >= 0.6 is 0 Å². The maximum absolute atomic E-state index is 12.2. The average Bonchev–Trinajstić information content (AvgIpc) is 2.67. The van der Waals surface area contributed by atoms with Crippen molar-refractivity contribution in [2.45, 2.75) is 24.9 Å². The van der Waals surface area contributed by atoms with E-state index in [1.165, 1.54) is 14.2 Å². The van der Waals surface area contributed by atoms with Gasteiger partial charge in [0.15, 0.2) is 0 Å². The molecule has 2 rings (SSSR count). The average molecular weight is 341 g/mol. The molecule has 1 N–H and O–H groups in total. The number of nitrogens with one attached hydrogen (secondary N) is 1. The summed E-state index contributed by atoms with van der Waals surface area (Å²) in [4.78, 5) is 24.4. The lowest BCUT2D eigenvalue weighted by molar-refractivity contribution is -0.146. The number of hydrogen-bond donors (Lipinski definition) is 1. The van der Waals surface area contributed by atoms with Gasteiger partial charge in [0.25, 0.3) is 0 Å². The molecular weight excluding hydrogens is 318 g/mol. The topological polar surface area (TPSA) is 64.6 Å². The summed E-state index contributed by atoms with van der Waals surface area (Å²) in [5.74, 6) is -0.823. The van der Waals surface area contributed by atoms with E-state index in [0.29, 0.717) is 12.8 Å². The van der Waals surface area contributed by atoms with Crippen LogP contribution in [0.5, 0.6) is 0 Å². The number of benzene rings is 2. The molecule has 5 heteroatoms. The van der Waals surface area contributed by atoms with Crippen LogP contribution in [-0.2, 0) is 31.9 Å². The van der Waals surface area contributed by atoms with Crippen LogP contribution in [0.25, 0.3) is 0 Å². The van der Waals surface area contributed by atoms with Gasteiger partial charge in [-0.05, 0) is 24.0 Å². The molecule has 0 heterocycles. The molecule has 0 spiro atoms. The predicted octanol–water partition coefficient (Wildman–Crippen LogP) is 2.14. The summed E-state index contributed by atoms with van der Waals surface area (Å²) in [5.41, 5.74) is 1.96. The zero-order valence-electron chi connectivity index (χ0n) is 14.5. The van der Waals surface area contributed by atoms with E-state index in [1.807, 2.05) is 60.7 Å².